The summed E-state index contributed by atoms with van der Waals surface area (Å²) in [6, 6.07) is 0. The van der Waals surface area contributed by atoms with Crippen LogP contribution in [0.1, 0.15) is 37.9 Å². The number of anilines is 2. The highest BCUT2D eigenvalue weighted by Gasteiger charge is 2.67. The molecule has 0 aromatic carbocycles. The molecule has 0 radical (unpaired) electrons. The van der Waals surface area contributed by atoms with Crippen LogP contribution in [0.5, 0.6) is 0 Å². The average molecular weight is 358 g/mol. The molecule has 8 heteroatoms. The monoisotopic (exact) mass is 358 g/mol. The Bertz CT molecular complexity index is 739. The van der Waals surface area contributed by atoms with E-state index in [-0.39, 0.29) is 29.3 Å². The molecule has 0 bridgehead atoms. The third-order valence-corrected chi connectivity index (χ3v) is 7.34. The summed E-state index contributed by atoms with van der Waals surface area (Å²) in [6.45, 7) is 5.14. The summed E-state index contributed by atoms with van der Waals surface area (Å²) in [4.78, 5) is 30.2. The normalized spacial score (nSPS) is 34.1. The van der Waals surface area contributed by atoms with E-state index in [9.17, 15) is 9.90 Å². The van der Waals surface area contributed by atoms with E-state index in [4.69, 9.17) is 5.73 Å². The van der Waals surface area contributed by atoms with Crippen molar-refractivity contribution in [3.63, 3.8) is 0 Å². The number of aromatic nitrogens is 3. The number of hydrogen-bond donors (Lipinski definition) is 2. The van der Waals surface area contributed by atoms with Crippen molar-refractivity contribution in [3.05, 3.63) is 5.82 Å². The summed E-state index contributed by atoms with van der Waals surface area (Å²) in [5.41, 5.74) is 5.58. The van der Waals surface area contributed by atoms with Gasteiger partial charge in [0.05, 0.1) is 12.0 Å². The summed E-state index contributed by atoms with van der Waals surface area (Å²) < 4.78 is 0. The van der Waals surface area contributed by atoms with E-state index in [0.717, 1.165) is 51.9 Å². The first-order valence-electron chi connectivity index (χ1n) is 9.54. The fraction of sp³-hybridized carbons (Fsp3) is 0.778. The number of rotatable bonds is 3. The van der Waals surface area contributed by atoms with E-state index in [1.165, 1.54) is 6.42 Å². The summed E-state index contributed by atoms with van der Waals surface area (Å²) in [5.74, 6) is 1.74. The van der Waals surface area contributed by atoms with Crippen LogP contribution in [-0.2, 0) is 4.79 Å². The molecule has 2 unspecified atom stereocenters. The topological polar surface area (TPSA) is 108 Å². The predicted molar refractivity (Wildman–Crippen MR) is 95.2 cm³/mol. The van der Waals surface area contributed by atoms with Crippen LogP contribution in [-0.4, -0.2) is 63.7 Å². The van der Waals surface area contributed by atoms with Crippen molar-refractivity contribution >= 4 is 17.8 Å². The SMILES string of the molecule is Cc1nc(N)nc(N2CC34CCCC3(CN(C(=O)C3(CO)CC3)C4)C2)n1. The number of amides is 1. The molecule has 1 amide bonds. The third-order valence-electron chi connectivity index (χ3n) is 7.34. The molecule has 0 spiro atoms. The van der Waals surface area contributed by atoms with Crippen LogP contribution in [0.15, 0.2) is 0 Å². The van der Waals surface area contributed by atoms with E-state index in [2.05, 4.69) is 19.9 Å². The van der Waals surface area contributed by atoms with Crippen LogP contribution < -0.4 is 10.6 Å². The maximum Gasteiger partial charge on any atom is 0.231 e. The number of hydrogen-bond acceptors (Lipinski definition) is 7. The number of likely N-dealkylation sites (tertiary alicyclic amines) is 1. The fourth-order valence-corrected chi connectivity index (χ4v) is 5.80. The quantitative estimate of drug-likeness (QED) is 0.803. The Kier molecular flexibility index (Phi) is 3.16. The molecule has 1 aromatic rings. The molecule has 4 fully saturated rings. The molecule has 26 heavy (non-hydrogen) atoms. The number of nitrogen functional groups attached to an aromatic ring is 1. The number of aliphatic hydroxyl groups excluding tert-OH is 1. The van der Waals surface area contributed by atoms with Gasteiger partial charge in [-0.05, 0) is 32.6 Å². The van der Waals surface area contributed by atoms with Gasteiger partial charge in [0.25, 0.3) is 0 Å². The van der Waals surface area contributed by atoms with E-state index < -0.39 is 5.41 Å². The van der Waals surface area contributed by atoms with Gasteiger partial charge in [0.15, 0.2) is 0 Å². The van der Waals surface area contributed by atoms with Gasteiger partial charge in [-0.3, -0.25) is 4.79 Å². The lowest BCUT2D eigenvalue weighted by molar-refractivity contribution is -0.138. The molecule has 4 aliphatic rings. The van der Waals surface area contributed by atoms with Gasteiger partial charge in [-0.1, -0.05) is 6.42 Å². The Morgan fingerprint density at radius 1 is 1.08 bits per heavy atom. The first-order valence-corrected chi connectivity index (χ1v) is 9.54. The maximum atomic E-state index is 13.0. The number of carbonyl (C=O) groups excluding carboxylic acids is 1. The highest BCUT2D eigenvalue weighted by Crippen LogP contribution is 2.63. The number of nitrogens with zero attached hydrogens (tertiary/aromatic N) is 5. The second-order valence-corrected chi connectivity index (χ2v) is 8.91. The van der Waals surface area contributed by atoms with Gasteiger partial charge in [-0.15, -0.1) is 0 Å². The molecule has 2 aliphatic heterocycles. The Morgan fingerprint density at radius 2 is 1.73 bits per heavy atom. The smallest absolute Gasteiger partial charge is 0.231 e. The number of aliphatic hydroxyl groups is 1. The van der Waals surface area contributed by atoms with Crippen molar-refractivity contribution < 1.29 is 9.90 Å². The molecular formula is C18H26N6O2. The van der Waals surface area contributed by atoms with E-state index in [1.807, 2.05) is 11.8 Å². The van der Waals surface area contributed by atoms with Crippen LogP contribution in [0.4, 0.5) is 11.9 Å². The lowest BCUT2D eigenvalue weighted by Gasteiger charge is -2.29. The van der Waals surface area contributed by atoms with Crippen molar-refractivity contribution in [1.29, 1.82) is 0 Å². The molecule has 8 nitrogen and oxygen atoms in total. The minimum absolute atomic E-state index is 0.0160. The van der Waals surface area contributed by atoms with Crippen molar-refractivity contribution in [3.8, 4) is 0 Å². The van der Waals surface area contributed by atoms with Crippen LogP contribution in [0, 0.1) is 23.2 Å². The standard InChI is InChI=1S/C18H26N6O2/c1-12-20-14(19)22-15(21-12)24-9-17-3-2-4-18(17,10-24)8-23(7-17)13(26)16(11-25)5-6-16/h25H,2-11H2,1H3,(H2,19,20,21,22). The van der Waals surface area contributed by atoms with Crippen molar-refractivity contribution in [2.45, 2.75) is 39.0 Å². The Labute approximate surface area is 152 Å². The Hall–Kier alpha value is -1.96. The van der Waals surface area contributed by atoms with Crippen LogP contribution in [0.25, 0.3) is 0 Å². The minimum atomic E-state index is -0.473. The molecule has 140 valence electrons. The van der Waals surface area contributed by atoms with Gasteiger partial charge in [0, 0.05) is 37.0 Å². The van der Waals surface area contributed by atoms with Crippen LogP contribution in [0.3, 0.4) is 0 Å². The van der Waals surface area contributed by atoms with Crippen LogP contribution in [0.2, 0.25) is 0 Å². The highest BCUT2D eigenvalue weighted by molar-refractivity contribution is 5.86. The zero-order valence-corrected chi connectivity index (χ0v) is 15.2. The van der Waals surface area contributed by atoms with E-state index in [0.29, 0.717) is 11.8 Å². The largest absolute Gasteiger partial charge is 0.395 e. The van der Waals surface area contributed by atoms with Gasteiger partial charge in [0.1, 0.15) is 5.82 Å². The maximum absolute atomic E-state index is 13.0. The average Bonchev–Trinajstić information content (AvgIpc) is 3.09. The van der Waals surface area contributed by atoms with Crippen molar-refractivity contribution in [2.75, 3.05) is 43.4 Å². The van der Waals surface area contributed by atoms with E-state index in [1.54, 1.807) is 0 Å². The summed E-state index contributed by atoms with van der Waals surface area (Å²) >= 11 is 0. The van der Waals surface area contributed by atoms with Crippen molar-refractivity contribution in [2.24, 2.45) is 16.2 Å². The molecule has 3 heterocycles. The molecule has 2 saturated heterocycles. The molecule has 2 aliphatic carbocycles. The lowest BCUT2D eigenvalue weighted by atomic mass is 9.71. The van der Waals surface area contributed by atoms with Gasteiger partial charge >= 0.3 is 0 Å². The molecule has 2 saturated carbocycles. The summed E-state index contributed by atoms with van der Waals surface area (Å²) in [5, 5.41) is 9.64. The predicted octanol–water partition coefficient (Wildman–Crippen LogP) is 0.354. The highest BCUT2D eigenvalue weighted by atomic mass is 16.3. The minimum Gasteiger partial charge on any atom is -0.395 e. The number of carbonyl (C=O) groups is 1. The molecule has 5 rings (SSSR count). The number of nitrogens with two attached hydrogens (primary N) is 1. The number of aryl methyl sites for hydroxylation is 1. The fourth-order valence-electron chi connectivity index (χ4n) is 5.80. The van der Waals surface area contributed by atoms with Crippen LogP contribution >= 0.6 is 0 Å². The molecule has 3 N–H and O–H groups in total. The van der Waals surface area contributed by atoms with Gasteiger partial charge in [-0.2, -0.15) is 15.0 Å². The first-order chi connectivity index (χ1) is 12.4. The van der Waals surface area contributed by atoms with Gasteiger partial charge in [0.2, 0.25) is 17.8 Å². The van der Waals surface area contributed by atoms with Crippen molar-refractivity contribution in [1.82, 2.24) is 19.9 Å². The Balaban J connectivity index is 1.42. The molecular weight excluding hydrogens is 332 g/mol. The van der Waals surface area contributed by atoms with Gasteiger partial charge < -0.3 is 20.6 Å². The second-order valence-electron chi connectivity index (χ2n) is 8.91. The summed E-state index contributed by atoms with van der Waals surface area (Å²) in [6.07, 6.45) is 5.15. The summed E-state index contributed by atoms with van der Waals surface area (Å²) in [7, 11) is 0. The molecule has 2 atom stereocenters. The third kappa shape index (κ3) is 2.05. The van der Waals surface area contributed by atoms with E-state index >= 15 is 0 Å². The zero-order valence-electron chi connectivity index (χ0n) is 15.2. The zero-order chi connectivity index (χ0) is 18.2. The second kappa shape index (κ2) is 5.06. The Morgan fingerprint density at radius 3 is 2.27 bits per heavy atom. The lowest BCUT2D eigenvalue weighted by Crippen LogP contribution is -2.42. The first kappa shape index (κ1) is 16.2. The molecule has 1 aromatic heterocycles. The van der Waals surface area contributed by atoms with Gasteiger partial charge in [-0.25, -0.2) is 0 Å².